The zero-order valence-electron chi connectivity index (χ0n) is 10.1. The summed E-state index contributed by atoms with van der Waals surface area (Å²) in [4.78, 5) is 18.8. The van der Waals surface area contributed by atoms with E-state index in [4.69, 9.17) is 11.6 Å². The number of H-pyrrole nitrogens is 1. The van der Waals surface area contributed by atoms with Crippen LogP contribution in [0.3, 0.4) is 0 Å². The first-order valence-electron chi connectivity index (χ1n) is 5.58. The maximum Gasteiger partial charge on any atom is 0.287 e. The normalized spacial score (nSPS) is 10.9. The second-order valence-corrected chi connectivity index (χ2v) is 4.52. The first-order valence-corrected chi connectivity index (χ1v) is 5.96. The van der Waals surface area contributed by atoms with Gasteiger partial charge < -0.3 is 10.3 Å². The fraction of sp³-hybridized carbons (Fsp3) is 0.364. The molecule has 0 bridgehead atoms. The first-order chi connectivity index (χ1) is 8.59. The molecule has 6 nitrogen and oxygen atoms in total. The Hall–Kier alpha value is -1.82. The Bertz CT molecular complexity index is 576. The van der Waals surface area contributed by atoms with Crippen LogP contribution in [0.5, 0.6) is 0 Å². The number of anilines is 1. The minimum atomic E-state index is -0.290. The number of nitrogens with one attached hydrogen (secondary N) is 2. The van der Waals surface area contributed by atoms with Crippen LogP contribution < -0.4 is 10.9 Å². The minimum Gasteiger partial charge on any atom is -0.377 e. The number of aromatic nitrogens is 4. The number of nitrogens with zero attached hydrogens (tertiary/aromatic N) is 3. The van der Waals surface area contributed by atoms with Crippen LogP contribution in [0, 0.1) is 0 Å². The zero-order valence-corrected chi connectivity index (χ0v) is 10.9. The van der Waals surface area contributed by atoms with Crippen molar-refractivity contribution in [3.63, 3.8) is 0 Å². The molecule has 0 aliphatic carbocycles. The van der Waals surface area contributed by atoms with Gasteiger partial charge in [0.2, 0.25) is 0 Å². The van der Waals surface area contributed by atoms with Gasteiger partial charge in [0.05, 0.1) is 36.5 Å². The highest BCUT2D eigenvalue weighted by atomic mass is 35.5. The summed E-state index contributed by atoms with van der Waals surface area (Å²) >= 11 is 6.02. The lowest BCUT2D eigenvalue weighted by Gasteiger charge is -2.11. The first kappa shape index (κ1) is 12.6. The number of rotatable bonds is 4. The van der Waals surface area contributed by atoms with Crippen molar-refractivity contribution in [3.05, 3.63) is 39.8 Å². The number of halogens is 1. The summed E-state index contributed by atoms with van der Waals surface area (Å²) in [6.07, 6.45) is 4.84. The van der Waals surface area contributed by atoms with Crippen molar-refractivity contribution >= 4 is 17.3 Å². The van der Waals surface area contributed by atoms with Crippen molar-refractivity contribution in [2.24, 2.45) is 0 Å². The van der Waals surface area contributed by atoms with Crippen molar-refractivity contribution in [2.45, 2.75) is 26.4 Å². The Morgan fingerprint density at radius 3 is 2.89 bits per heavy atom. The molecule has 0 radical (unpaired) electrons. The van der Waals surface area contributed by atoms with E-state index in [0.29, 0.717) is 12.2 Å². The summed E-state index contributed by atoms with van der Waals surface area (Å²) in [5, 5.41) is 7.26. The molecular weight excluding hydrogens is 254 g/mol. The van der Waals surface area contributed by atoms with Crippen LogP contribution >= 0.6 is 11.6 Å². The van der Waals surface area contributed by atoms with Gasteiger partial charge in [-0.15, -0.1) is 0 Å². The summed E-state index contributed by atoms with van der Waals surface area (Å²) in [5.74, 6) is 0. The highest BCUT2D eigenvalue weighted by Gasteiger charge is 2.10. The molecule has 2 heterocycles. The van der Waals surface area contributed by atoms with E-state index < -0.39 is 0 Å². The maximum atomic E-state index is 11.9. The Morgan fingerprint density at radius 1 is 1.50 bits per heavy atom. The quantitative estimate of drug-likeness (QED) is 0.886. The van der Waals surface area contributed by atoms with E-state index in [0.717, 1.165) is 5.69 Å². The van der Waals surface area contributed by atoms with Crippen LogP contribution in [-0.2, 0) is 6.54 Å². The number of imidazole rings is 1. The van der Waals surface area contributed by atoms with E-state index in [-0.39, 0.29) is 16.6 Å². The Kier molecular flexibility index (Phi) is 3.66. The number of hydrogen-bond donors (Lipinski definition) is 2. The Labute approximate surface area is 109 Å². The smallest absolute Gasteiger partial charge is 0.287 e. The molecule has 0 saturated heterocycles. The van der Waals surface area contributed by atoms with Crippen LogP contribution in [-0.4, -0.2) is 19.7 Å². The highest BCUT2D eigenvalue weighted by Crippen LogP contribution is 2.16. The van der Waals surface area contributed by atoms with Crippen molar-refractivity contribution in [3.8, 4) is 0 Å². The van der Waals surface area contributed by atoms with Gasteiger partial charge in [0.25, 0.3) is 5.56 Å². The topological polar surface area (TPSA) is 75.6 Å². The van der Waals surface area contributed by atoms with Crippen LogP contribution in [0.4, 0.5) is 5.69 Å². The van der Waals surface area contributed by atoms with Gasteiger partial charge >= 0.3 is 0 Å². The molecule has 0 fully saturated rings. The molecule has 96 valence electrons. The van der Waals surface area contributed by atoms with Gasteiger partial charge in [-0.1, -0.05) is 11.6 Å². The van der Waals surface area contributed by atoms with Gasteiger partial charge in [0, 0.05) is 6.20 Å². The zero-order chi connectivity index (χ0) is 13.1. The molecule has 18 heavy (non-hydrogen) atoms. The third-order valence-electron chi connectivity index (χ3n) is 2.46. The van der Waals surface area contributed by atoms with E-state index >= 15 is 0 Å². The van der Waals surface area contributed by atoms with Gasteiger partial charge in [-0.05, 0) is 13.8 Å². The molecule has 0 atom stereocenters. The molecule has 0 aliphatic rings. The molecule has 0 amide bonds. The van der Waals surface area contributed by atoms with E-state index in [1.165, 1.54) is 4.68 Å². The minimum absolute atomic E-state index is 0.0170. The molecule has 0 aromatic carbocycles. The summed E-state index contributed by atoms with van der Waals surface area (Å²) < 4.78 is 1.35. The van der Waals surface area contributed by atoms with Crippen molar-refractivity contribution in [2.75, 3.05) is 5.32 Å². The predicted octanol–water partition coefficient (Wildman–Crippen LogP) is 1.81. The molecule has 2 rings (SSSR count). The number of hydrogen-bond acceptors (Lipinski definition) is 4. The van der Waals surface area contributed by atoms with Crippen LogP contribution in [0.2, 0.25) is 5.02 Å². The second kappa shape index (κ2) is 5.22. The lowest BCUT2D eigenvalue weighted by molar-refractivity contribution is 0.503. The van der Waals surface area contributed by atoms with Gasteiger partial charge in [-0.2, -0.15) is 5.10 Å². The lowest BCUT2D eigenvalue weighted by atomic mass is 10.3. The molecule has 2 aromatic rings. The molecule has 2 N–H and O–H groups in total. The van der Waals surface area contributed by atoms with Crippen molar-refractivity contribution < 1.29 is 0 Å². The largest absolute Gasteiger partial charge is 0.377 e. The van der Waals surface area contributed by atoms with E-state index in [9.17, 15) is 4.79 Å². The monoisotopic (exact) mass is 267 g/mol. The standard InChI is InChI=1S/C11H14ClN5O/c1-7(2)17-11(18)10(12)9(5-16-17)14-4-8-3-13-6-15-8/h3,5-7,14H,4H2,1-2H3,(H,13,15). The summed E-state index contributed by atoms with van der Waals surface area (Å²) in [6.45, 7) is 4.26. The summed E-state index contributed by atoms with van der Waals surface area (Å²) in [5.41, 5.74) is 1.13. The van der Waals surface area contributed by atoms with Gasteiger partial charge in [-0.25, -0.2) is 9.67 Å². The van der Waals surface area contributed by atoms with Gasteiger partial charge in [-0.3, -0.25) is 4.79 Å². The summed E-state index contributed by atoms with van der Waals surface area (Å²) in [7, 11) is 0. The van der Waals surface area contributed by atoms with E-state index in [1.54, 1.807) is 18.7 Å². The van der Waals surface area contributed by atoms with Gasteiger partial charge in [0.15, 0.2) is 0 Å². The van der Waals surface area contributed by atoms with Crippen molar-refractivity contribution in [1.29, 1.82) is 0 Å². The Balaban J connectivity index is 2.20. The molecule has 7 heteroatoms. The van der Waals surface area contributed by atoms with E-state index in [1.807, 2.05) is 13.8 Å². The molecule has 0 saturated carbocycles. The Morgan fingerprint density at radius 2 is 2.28 bits per heavy atom. The average Bonchev–Trinajstić information content (AvgIpc) is 2.83. The third kappa shape index (κ3) is 2.53. The molecule has 0 unspecified atom stereocenters. The summed E-state index contributed by atoms with van der Waals surface area (Å²) in [6, 6.07) is -0.0170. The molecule has 0 aliphatic heterocycles. The molecular formula is C11H14ClN5O. The lowest BCUT2D eigenvalue weighted by Crippen LogP contribution is -2.25. The van der Waals surface area contributed by atoms with Crippen LogP contribution in [0.25, 0.3) is 0 Å². The molecule has 0 spiro atoms. The maximum absolute atomic E-state index is 11.9. The fourth-order valence-electron chi connectivity index (χ4n) is 1.51. The molecule has 2 aromatic heterocycles. The van der Waals surface area contributed by atoms with Crippen molar-refractivity contribution in [1.82, 2.24) is 19.7 Å². The second-order valence-electron chi connectivity index (χ2n) is 4.15. The van der Waals surface area contributed by atoms with Crippen LogP contribution in [0.15, 0.2) is 23.5 Å². The SMILES string of the molecule is CC(C)n1ncc(NCc2cnc[nH]2)c(Cl)c1=O. The van der Waals surface area contributed by atoms with Crippen LogP contribution in [0.1, 0.15) is 25.6 Å². The third-order valence-corrected chi connectivity index (χ3v) is 2.82. The highest BCUT2D eigenvalue weighted by molar-refractivity contribution is 6.32. The van der Waals surface area contributed by atoms with Gasteiger partial charge in [0.1, 0.15) is 5.02 Å². The predicted molar refractivity (Wildman–Crippen MR) is 69.8 cm³/mol. The van der Waals surface area contributed by atoms with E-state index in [2.05, 4.69) is 20.4 Å². The number of aromatic amines is 1. The average molecular weight is 268 g/mol. The fourth-order valence-corrected chi connectivity index (χ4v) is 1.71.